The normalized spacial score (nSPS) is 20.5. The highest BCUT2D eigenvalue weighted by molar-refractivity contribution is 5.94. The van der Waals surface area contributed by atoms with Gasteiger partial charge in [-0.1, -0.05) is 18.2 Å². The first-order valence-electron chi connectivity index (χ1n) is 11.1. The van der Waals surface area contributed by atoms with Crippen molar-refractivity contribution in [2.24, 2.45) is 5.92 Å². The lowest BCUT2D eigenvalue weighted by Gasteiger charge is -2.36. The van der Waals surface area contributed by atoms with E-state index in [-0.39, 0.29) is 36.7 Å². The van der Waals surface area contributed by atoms with E-state index in [0.717, 1.165) is 16.5 Å². The van der Waals surface area contributed by atoms with Gasteiger partial charge in [-0.2, -0.15) is 0 Å². The van der Waals surface area contributed by atoms with Crippen LogP contribution in [0.5, 0.6) is 0 Å². The molecular formula is C24H31NO8. The number of aliphatic hydroxyl groups excluding tert-OH is 1. The molecule has 1 aromatic carbocycles. The zero-order chi connectivity index (χ0) is 23.8. The highest BCUT2D eigenvalue weighted by Crippen LogP contribution is 2.42. The van der Waals surface area contributed by atoms with Crippen LogP contribution < -0.4 is 0 Å². The summed E-state index contributed by atoms with van der Waals surface area (Å²) in [4.78, 5) is 24.0. The number of hydrogen-bond donors (Lipinski definition) is 2. The predicted molar refractivity (Wildman–Crippen MR) is 120 cm³/mol. The average molecular weight is 462 g/mol. The molecule has 0 spiro atoms. The minimum atomic E-state index is -1.17. The largest absolute Gasteiger partial charge is 0.475 e. The summed E-state index contributed by atoms with van der Waals surface area (Å²) >= 11 is 0. The van der Waals surface area contributed by atoms with Crippen LogP contribution in [0.15, 0.2) is 42.3 Å². The Morgan fingerprint density at radius 1 is 1.12 bits per heavy atom. The molecule has 1 aromatic heterocycles. The van der Waals surface area contributed by atoms with Crippen LogP contribution in [-0.2, 0) is 23.7 Å². The highest BCUT2D eigenvalue weighted by Gasteiger charge is 2.39. The van der Waals surface area contributed by atoms with E-state index >= 15 is 0 Å². The molecule has 9 heteroatoms. The van der Waals surface area contributed by atoms with Crippen LogP contribution in [0.2, 0.25) is 0 Å². The van der Waals surface area contributed by atoms with Crippen molar-refractivity contribution in [3.63, 3.8) is 0 Å². The number of allylic oxidation sites excluding steroid dienone is 1. The molecule has 2 aromatic rings. The monoisotopic (exact) mass is 461 g/mol. The molecular weight excluding hydrogens is 430 g/mol. The molecule has 0 saturated heterocycles. The first-order chi connectivity index (χ1) is 16.0. The lowest BCUT2D eigenvalue weighted by molar-refractivity contribution is -0.174. The summed E-state index contributed by atoms with van der Waals surface area (Å²) in [6, 6.07) is 7.55. The van der Waals surface area contributed by atoms with Crippen LogP contribution >= 0.6 is 0 Å². The van der Waals surface area contributed by atoms with E-state index in [0.29, 0.717) is 32.8 Å². The smallest absolute Gasteiger partial charge is 0.370 e. The van der Waals surface area contributed by atoms with Gasteiger partial charge in [-0.25, -0.2) is 4.79 Å². The number of nitrogens with zero attached hydrogens (tertiary/aromatic N) is 1. The van der Waals surface area contributed by atoms with Crippen molar-refractivity contribution >= 4 is 22.8 Å². The van der Waals surface area contributed by atoms with Crippen LogP contribution in [0.4, 0.5) is 0 Å². The number of aromatic nitrogens is 1. The van der Waals surface area contributed by atoms with Crippen LogP contribution in [0.3, 0.4) is 0 Å². The van der Waals surface area contributed by atoms with Crippen molar-refractivity contribution in [3.8, 4) is 0 Å². The lowest BCUT2D eigenvalue weighted by atomic mass is 9.81. The third-order valence-corrected chi connectivity index (χ3v) is 5.57. The molecule has 0 bridgehead atoms. The number of fused-ring (bicyclic) bond motifs is 1. The summed E-state index contributed by atoms with van der Waals surface area (Å²) in [6.07, 6.45) is 3.14. The number of aliphatic hydroxyl groups is 1. The number of benzene rings is 1. The number of carbonyl (C=O) groups is 2. The van der Waals surface area contributed by atoms with Crippen molar-refractivity contribution in [1.82, 2.24) is 4.57 Å². The van der Waals surface area contributed by atoms with Gasteiger partial charge in [0, 0.05) is 43.6 Å². The minimum absolute atomic E-state index is 0.0385. The predicted octanol–water partition coefficient (Wildman–Crippen LogP) is 2.78. The van der Waals surface area contributed by atoms with Gasteiger partial charge in [0.2, 0.25) is 18.0 Å². The average Bonchev–Trinajstić information content (AvgIpc) is 3.19. The van der Waals surface area contributed by atoms with Crippen molar-refractivity contribution in [3.05, 3.63) is 47.9 Å². The number of ether oxygens (including phenoxy) is 4. The van der Waals surface area contributed by atoms with Crippen LogP contribution in [0.1, 0.15) is 36.5 Å². The fraction of sp³-hybridized carbons (Fsp3) is 0.500. The maximum atomic E-state index is 12.3. The van der Waals surface area contributed by atoms with E-state index in [1.165, 1.54) is 6.92 Å². The summed E-state index contributed by atoms with van der Waals surface area (Å²) in [5.74, 6) is -2.07. The molecule has 3 rings (SSSR count). The van der Waals surface area contributed by atoms with Crippen molar-refractivity contribution < 1.29 is 38.7 Å². The van der Waals surface area contributed by atoms with E-state index in [2.05, 4.69) is 0 Å². The maximum absolute atomic E-state index is 12.3. The van der Waals surface area contributed by atoms with E-state index in [9.17, 15) is 14.7 Å². The van der Waals surface area contributed by atoms with E-state index < -0.39 is 12.3 Å². The Labute approximate surface area is 192 Å². The number of carbonyl (C=O) groups excluding carboxylic acids is 1. The molecule has 1 aliphatic rings. The Morgan fingerprint density at radius 2 is 1.85 bits per heavy atom. The fourth-order valence-electron chi connectivity index (χ4n) is 4.13. The molecule has 0 radical (unpaired) electrons. The molecule has 33 heavy (non-hydrogen) atoms. The minimum Gasteiger partial charge on any atom is -0.475 e. The first-order valence-corrected chi connectivity index (χ1v) is 11.1. The second-order valence-corrected chi connectivity index (χ2v) is 7.69. The van der Waals surface area contributed by atoms with E-state index in [1.807, 2.05) is 31.2 Å². The molecule has 3 unspecified atom stereocenters. The van der Waals surface area contributed by atoms with Gasteiger partial charge < -0.3 is 29.2 Å². The van der Waals surface area contributed by atoms with E-state index in [1.54, 1.807) is 16.8 Å². The standard InChI is InChI=1S/C24H31NO8/c1-3-32-24-18(8-10-30-12-13-31-11-9-26)19(14-22(33-24)23(28)29)20-15-25(16(2)27)21-7-5-4-6-17(20)21/h4-7,14-15,18-19,24,26H,3,8-13H2,1-2H3,(H,28,29). The van der Waals surface area contributed by atoms with Crippen molar-refractivity contribution in [2.75, 3.05) is 39.6 Å². The molecule has 0 saturated carbocycles. The number of carboxylic acids is 1. The Balaban J connectivity index is 1.92. The summed E-state index contributed by atoms with van der Waals surface area (Å²) < 4.78 is 24.0. The molecule has 2 heterocycles. The second kappa shape index (κ2) is 11.9. The van der Waals surface area contributed by atoms with Crippen LogP contribution in [0.25, 0.3) is 10.9 Å². The van der Waals surface area contributed by atoms with Gasteiger partial charge in [0.25, 0.3) is 0 Å². The summed E-state index contributed by atoms with van der Waals surface area (Å²) in [5, 5.41) is 19.3. The Hall–Kier alpha value is -2.72. The zero-order valence-corrected chi connectivity index (χ0v) is 18.9. The van der Waals surface area contributed by atoms with Crippen LogP contribution in [-0.4, -0.2) is 72.6 Å². The number of hydrogen-bond acceptors (Lipinski definition) is 7. The Kier molecular flexibility index (Phi) is 9.02. The van der Waals surface area contributed by atoms with Gasteiger partial charge in [0.1, 0.15) is 0 Å². The summed E-state index contributed by atoms with van der Waals surface area (Å²) in [5.41, 5.74) is 1.60. The van der Waals surface area contributed by atoms with Gasteiger partial charge in [-0.05, 0) is 31.1 Å². The summed E-state index contributed by atoms with van der Waals surface area (Å²) in [7, 11) is 0. The molecule has 0 fully saturated rings. The lowest BCUT2D eigenvalue weighted by Crippen LogP contribution is -2.37. The van der Waals surface area contributed by atoms with Crippen LogP contribution in [0, 0.1) is 5.92 Å². The third kappa shape index (κ3) is 6.00. The number of para-hydroxylation sites is 1. The van der Waals surface area contributed by atoms with Gasteiger partial charge in [-0.3, -0.25) is 9.36 Å². The molecule has 1 aliphatic heterocycles. The van der Waals surface area contributed by atoms with E-state index in [4.69, 9.17) is 24.1 Å². The zero-order valence-electron chi connectivity index (χ0n) is 18.9. The highest BCUT2D eigenvalue weighted by atomic mass is 16.7. The maximum Gasteiger partial charge on any atom is 0.370 e. The second-order valence-electron chi connectivity index (χ2n) is 7.69. The first kappa shape index (κ1) is 24.9. The number of rotatable bonds is 12. The molecule has 0 amide bonds. The SMILES string of the molecule is CCOC1OC(C(=O)O)=CC(c2cn(C(C)=O)c3ccccc23)C1CCOCCOCCO. The molecule has 9 nitrogen and oxygen atoms in total. The number of aliphatic carboxylic acids is 1. The molecule has 3 atom stereocenters. The number of carboxylic acid groups (broad SMARTS) is 1. The van der Waals surface area contributed by atoms with Gasteiger partial charge in [0.15, 0.2) is 0 Å². The topological polar surface area (TPSA) is 116 Å². The molecule has 180 valence electrons. The molecule has 2 N–H and O–H groups in total. The van der Waals surface area contributed by atoms with Gasteiger partial charge in [0.05, 0.1) is 31.9 Å². The third-order valence-electron chi connectivity index (χ3n) is 5.57. The van der Waals surface area contributed by atoms with Gasteiger partial charge in [-0.15, -0.1) is 0 Å². The Bertz CT molecular complexity index is 982. The fourth-order valence-corrected chi connectivity index (χ4v) is 4.13. The summed E-state index contributed by atoms with van der Waals surface area (Å²) in [6.45, 7) is 5.02. The van der Waals surface area contributed by atoms with Crippen molar-refractivity contribution in [1.29, 1.82) is 0 Å². The van der Waals surface area contributed by atoms with Crippen molar-refractivity contribution in [2.45, 2.75) is 32.5 Å². The van der Waals surface area contributed by atoms with Gasteiger partial charge >= 0.3 is 5.97 Å². The Morgan fingerprint density at radius 3 is 2.52 bits per heavy atom. The molecule has 0 aliphatic carbocycles. The quantitative estimate of drug-likeness (QED) is 0.464.